The second-order valence-electron chi connectivity index (χ2n) is 6.73. The summed E-state index contributed by atoms with van der Waals surface area (Å²) in [5.74, 6) is 1.46. The molecule has 2 amide bonds. The summed E-state index contributed by atoms with van der Waals surface area (Å²) >= 11 is 0. The minimum absolute atomic E-state index is 0.166. The highest BCUT2D eigenvalue weighted by atomic mass is 16.5. The van der Waals surface area contributed by atoms with Gasteiger partial charge in [0.05, 0.1) is 23.9 Å². The molecule has 3 aromatic rings. The van der Waals surface area contributed by atoms with Crippen molar-refractivity contribution in [1.82, 2.24) is 20.0 Å². The first-order valence-electron chi connectivity index (χ1n) is 8.96. The van der Waals surface area contributed by atoms with Crippen LogP contribution in [0.25, 0.3) is 11.3 Å². The van der Waals surface area contributed by atoms with Gasteiger partial charge in [-0.2, -0.15) is 0 Å². The van der Waals surface area contributed by atoms with Crippen LogP contribution in [-0.4, -0.2) is 39.1 Å². The largest absolute Gasteiger partial charge is 0.472 e. The van der Waals surface area contributed by atoms with Crippen LogP contribution in [-0.2, 0) is 0 Å². The summed E-state index contributed by atoms with van der Waals surface area (Å²) in [4.78, 5) is 23.4. The lowest BCUT2D eigenvalue weighted by Crippen LogP contribution is -2.40. The summed E-state index contributed by atoms with van der Waals surface area (Å²) in [6.45, 7) is 5.00. The zero-order chi connectivity index (χ0) is 18.8. The average Bonchev–Trinajstić information content (AvgIpc) is 3.35. The Kier molecular flexibility index (Phi) is 4.62. The number of amides is 2. The molecule has 4 heterocycles. The van der Waals surface area contributed by atoms with E-state index in [0.29, 0.717) is 19.0 Å². The number of furan rings is 1. The van der Waals surface area contributed by atoms with Gasteiger partial charge in [-0.15, -0.1) is 0 Å². The molecule has 140 valence electrons. The molecule has 27 heavy (non-hydrogen) atoms. The summed E-state index contributed by atoms with van der Waals surface area (Å²) in [7, 11) is 0. The molecule has 8 nitrogen and oxygen atoms in total. The first kappa shape index (κ1) is 17.3. The number of anilines is 1. The number of piperidine rings is 1. The Balaban J connectivity index is 1.38. The zero-order valence-electron chi connectivity index (χ0n) is 15.3. The van der Waals surface area contributed by atoms with Gasteiger partial charge >= 0.3 is 6.03 Å². The minimum Gasteiger partial charge on any atom is -0.472 e. The fourth-order valence-electron chi connectivity index (χ4n) is 3.19. The monoisotopic (exact) mass is 367 g/mol. The van der Waals surface area contributed by atoms with E-state index in [1.165, 1.54) is 0 Å². The molecule has 0 bridgehead atoms. The maximum absolute atomic E-state index is 12.5. The molecule has 0 radical (unpaired) electrons. The van der Waals surface area contributed by atoms with Crippen molar-refractivity contribution in [1.29, 1.82) is 0 Å². The molecule has 1 fully saturated rings. The van der Waals surface area contributed by atoms with Gasteiger partial charge in [-0.25, -0.2) is 14.8 Å². The lowest BCUT2D eigenvalue weighted by atomic mass is 9.96. The van der Waals surface area contributed by atoms with Gasteiger partial charge in [0.25, 0.3) is 0 Å². The van der Waals surface area contributed by atoms with Crippen molar-refractivity contribution in [3.8, 4) is 11.3 Å². The highest BCUT2D eigenvalue weighted by Crippen LogP contribution is 2.28. The molecule has 1 saturated heterocycles. The molecule has 0 aliphatic carbocycles. The average molecular weight is 367 g/mol. The van der Waals surface area contributed by atoms with E-state index in [0.717, 1.165) is 41.2 Å². The molecule has 1 aliphatic heterocycles. The fourth-order valence-corrected chi connectivity index (χ4v) is 3.19. The van der Waals surface area contributed by atoms with Crippen molar-refractivity contribution in [3.05, 3.63) is 47.9 Å². The first-order valence-corrected chi connectivity index (χ1v) is 8.96. The smallest absolute Gasteiger partial charge is 0.324 e. The van der Waals surface area contributed by atoms with Gasteiger partial charge in [0.1, 0.15) is 5.82 Å². The van der Waals surface area contributed by atoms with Crippen molar-refractivity contribution in [2.45, 2.75) is 32.6 Å². The molecule has 0 spiro atoms. The Hall–Kier alpha value is -3.16. The number of hydrogen-bond acceptors (Lipinski definition) is 6. The van der Waals surface area contributed by atoms with E-state index >= 15 is 0 Å². The fraction of sp³-hybridized carbons (Fsp3) is 0.368. The van der Waals surface area contributed by atoms with E-state index in [1.807, 2.05) is 26.0 Å². The number of carbonyl (C=O) groups is 1. The van der Waals surface area contributed by atoms with Gasteiger partial charge in [-0.1, -0.05) is 5.16 Å². The molecule has 0 aromatic carbocycles. The molecular weight excluding hydrogens is 346 g/mol. The number of nitrogens with one attached hydrogen (secondary N) is 1. The Bertz CT molecular complexity index is 927. The summed E-state index contributed by atoms with van der Waals surface area (Å²) in [5, 5.41) is 6.66. The third-order valence-corrected chi connectivity index (χ3v) is 5.02. The number of rotatable bonds is 3. The van der Waals surface area contributed by atoms with Crippen LogP contribution in [0.2, 0.25) is 0 Å². The van der Waals surface area contributed by atoms with Gasteiger partial charge in [-0.3, -0.25) is 5.32 Å². The summed E-state index contributed by atoms with van der Waals surface area (Å²) in [6, 6.07) is 3.59. The maximum atomic E-state index is 12.5. The van der Waals surface area contributed by atoms with Crippen molar-refractivity contribution >= 4 is 11.9 Å². The third kappa shape index (κ3) is 3.55. The van der Waals surface area contributed by atoms with E-state index in [-0.39, 0.29) is 11.9 Å². The summed E-state index contributed by atoms with van der Waals surface area (Å²) < 4.78 is 10.3. The molecule has 4 rings (SSSR count). The highest BCUT2D eigenvalue weighted by molar-refractivity contribution is 5.88. The van der Waals surface area contributed by atoms with Crippen LogP contribution < -0.4 is 5.32 Å². The number of aromatic nitrogens is 3. The van der Waals surface area contributed by atoms with Crippen LogP contribution in [0.4, 0.5) is 10.7 Å². The number of aryl methyl sites for hydroxylation is 1. The van der Waals surface area contributed by atoms with Crippen molar-refractivity contribution < 1.29 is 13.7 Å². The zero-order valence-corrected chi connectivity index (χ0v) is 15.3. The molecule has 0 saturated carbocycles. The van der Waals surface area contributed by atoms with E-state index in [4.69, 9.17) is 8.94 Å². The van der Waals surface area contributed by atoms with Gasteiger partial charge in [-0.05, 0) is 38.8 Å². The van der Waals surface area contributed by atoms with Crippen LogP contribution in [0, 0.1) is 13.8 Å². The standard InChI is InChI=1S/C19H21N5O3/c1-12-13(2)23-27-18(12)22-19(25)24-8-4-14(5-9-24)17-20-7-3-16(21-17)15-6-10-26-11-15/h3,6-7,10-11,14H,4-5,8-9H2,1-2H3,(H,22,25). The van der Waals surface area contributed by atoms with E-state index in [1.54, 1.807) is 23.6 Å². The predicted octanol–water partition coefficient (Wildman–Crippen LogP) is 3.75. The van der Waals surface area contributed by atoms with Crippen LogP contribution in [0.1, 0.15) is 35.8 Å². The molecule has 8 heteroatoms. The lowest BCUT2D eigenvalue weighted by Gasteiger charge is -2.31. The normalized spacial score (nSPS) is 15.1. The van der Waals surface area contributed by atoms with Crippen LogP contribution in [0.15, 0.2) is 39.8 Å². The quantitative estimate of drug-likeness (QED) is 0.757. The summed E-state index contributed by atoms with van der Waals surface area (Å²) in [5.41, 5.74) is 3.42. The molecule has 3 aromatic heterocycles. The van der Waals surface area contributed by atoms with Crippen LogP contribution >= 0.6 is 0 Å². The summed E-state index contributed by atoms with van der Waals surface area (Å²) in [6.07, 6.45) is 6.71. The third-order valence-electron chi connectivity index (χ3n) is 5.02. The second-order valence-corrected chi connectivity index (χ2v) is 6.73. The molecule has 1 aliphatic rings. The SMILES string of the molecule is Cc1noc(NC(=O)N2CCC(c3nccc(-c4ccoc4)n3)CC2)c1C. The number of carbonyl (C=O) groups excluding carboxylic acids is 1. The first-order chi connectivity index (χ1) is 13.1. The van der Waals surface area contributed by atoms with Crippen LogP contribution in [0.3, 0.4) is 0 Å². The Morgan fingerprint density at radius 3 is 2.74 bits per heavy atom. The maximum Gasteiger partial charge on any atom is 0.324 e. The van der Waals surface area contributed by atoms with Crippen molar-refractivity contribution in [2.75, 3.05) is 18.4 Å². The number of urea groups is 1. The molecular formula is C19H21N5O3. The molecule has 1 N–H and O–H groups in total. The van der Waals surface area contributed by atoms with Crippen molar-refractivity contribution in [3.63, 3.8) is 0 Å². The number of nitrogens with zero attached hydrogens (tertiary/aromatic N) is 4. The lowest BCUT2D eigenvalue weighted by molar-refractivity contribution is 0.192. The van der Waals surface area contributed by atoms with Crippen molar-refractivity contribution in [2.24, 2.45) is 0 Å². The van der Waals surface area contributed by atoms with E-state index in [2.05, 4.69) is 20.4 Å². The van der Waals surface area contributed by atoms with Gasteiger partial charge in [0, 0.05) is 36.3 Å². The molecule has 0 unspecified atom stereocenters. The van der Waals surface area contributed by atoms with Crippen LogP contribution in [0.5, 0.6) is 0 Å². The Morgan fingerprint density at radius 2 is 2.07 bits per heavy atom. The Labute approximate surface area is 156 Å². The van der Waals surface area contributed by atoms with Gasteiger partial charge in [0.2, 0.25) is 5.88 Å². The number of hydrogen-bond donors (Lipinski definition) is 1. The van der Waals surface area contributed by atoms with E-state index in [9.17, 15) is 4.79 Å². The minimum atomic E-state index is -0.166. The topological polar surface area (TPSA) is 97.3 Å². The number of likely N-dealkylation sites (tertiary alicyclic amines) is 1. The Morgan fingerprint density at radius 1 is 1.26 bits per heavy atom. The second kappa shape index (κ2) is 7.22. The van der Waals surface area contributed by atoms with E-state index < -0.39 is 0 Å². The van der Waals surface area contributed by atoms with Gasteiger partial charge < -0.3 is 13.8 Å². The molecule has 0 atom stereocenters. The predicted molar refractivity (Wildman–Crippen MR) is 98.3 cm³/mol. The highest BCUT2D eigenvalue weighted by Gasteiger charge is 2.26. The van der Waals surface area contributed by atoms with Gasteiger partial charge in [0.15, 0.2) is 0 Å².